The lowest BCUT2D eigenvalue weighted by Crippen LogP contribution is -2.47. The summed E-state index contributed by atoms with van der Waals surface area (Å²) in [5.74, 6) is -2.58. The molecule has 1 saturated heterocycles. The summed E-state index contributed by atoms with van der Waals surface area (Å²) in [6.07, 6.45) is 5.02. The van der Waals surface area contributed by atoms with E-state index in [4.69, 9.17) is 9.47 Å². The minimum atomic E-state index is -1.12. The van der Waals surface area contributed by atoms with Crippen molar-refractivity contribution < 1.29 is 24.0 Å². The Morgan fingerprint density at radius 2 is 1.77 bits per heavy atom. The van der Waals surface area contributed by atoms with Crippen LogP contribution in [-0.2, 0) is 19.1 Å². The number of ether oxygens (including phenoxy) is 2. The maximum Gasteiger partial charge on any atom is 0.348 e. The Morgan fingerprint density at radius 3 is 2.32 bits per heavy atom. The van der Waals surface area contributed by atoms with E-state index in [2.05, 4.69) is 0 Å². The van der Waals surface area contributed by atoms with E-state index in [0.717, 1.165) is 30.6 Å². The summed E-state index contributed by atoms with van der Waals surface area (Å²) in [5.41, 5.74) is -0.229. The van der Waals surface area contributed by atoms with Crippen molar-refractivity contribution >= 4 is 34.4 Å². The van der Waals surface area contributed by atoms with Gasteiger partial charge in [0.2, 0.25) is 0 Å². The van der Waals surface area contributed by atoms with Crippen molar-refractivity contribution in [1.82, 2.24) is 0 Å². The van der Waals surface area contributed by atoms with E-state index < -0.39 is 22.6 Å². The first-order valence-corrected chi connectivity index (χ1v) is 7.73. The lowest BCUT2D eigenvalue weighted by molar-refractivity contribution is -0.380. The number of hydrogen-bond donors (Lipinski definition) is 0. The second-order valence-electron chi connectivity index (χ2n) is 5.24. The monoisotopic (exact) mass is 323 g/mol. The second-order valence-corrected chi connectivity index (χ2v) is 6.34. The first kappa shape index (κ1) is 14.7. The maximum absolute atomic E-state index is 12.1. The number of thiophene rings is 1. The van der Waals surface area contributed by atoms with Crippen LogP contribution in [0.1, 0.15) is 37.0 Å². The van der Waals surface area contributed by atoms with E-state index in [0.29, 0.717) is 17.7 Å². The standard InChI is InChI=1S/C14H13NO6S/c16-12-10(8-9-4-5-11(22-9)15(18)19)13(17)21-14(20-12)6-2-1-3-7-14/h4-5,8H,1-3,6-7H2. The molecule has 1 aliphatic carbocycles. The third-order valence-corrected chi connectivity index (χ3v) is 4.68. The van der Waals surface area contributed by atoms with Crippen molar-refractivity contribution in [2.75, 3.05) is 0 Å². The van der Waals surface area contributed by atoms with Crippen LogP contribution in [-0.4, -0.2) is 22.6 Å². The first-order chi connectivity index (χ1) is 10.5. The third kappa shape index (κ3) is 2.74. The van der Waals surface area contributed by atoms with Crippen LogP contribution in [0.4, 0.5) is 5.00 Å². The average Bonchev–Trinajstić information content (AvgIpc) is 2.93. The smallest absolute Gasteiger partial charge is 0.348 e. The van der Waals surface area contributed by atoms with Crippen molar-refractivity contribution in [2.45, 2.75) is 37.9 Å². The number of nitrogens with zero attached hydrogens (tertiary/aromatic N) is 1. The summed E-state index contributed by atoms with van der Waals surface area (Å²) in [6, 6.07) is 2.79. The molecule has 1 aliphatic heterocycles. The number of rotatable bonds is 2. The Kier molecular flexibility index (Phi) is 3.69. The number of carbonyl (C=O) groups is 2. The molecular formula is C14H13NO6S. The normalized spacial score (nSPS) is 20.5. The summed E-state index contributed by atoms with van der Waals surface area (Å²) < 4.78 is 10.7. The minimum absolute atomic E-state index is 0.0619. The van der Waals surface area contributed by atoms with Crippen LogP contribution in [0.25, 0.3) is 6.08 Å². The predicted molar refractivity (Wildman–Crippen MR) is 77.0 cm³/mol. The second kappa shape index (κ2) is 5.53. The summed E-state index contributed by atoms with van der Waals surface area (Å²) >= 11 is 0.875. The Bertz CT molecular complexity index is 649. The van der Waals surface area contributed by atoms with Crippen LogP contribution < -0.4 is 0 Å². The molecule has 1 saturated carbocycles. The summed E-state index contributed by atoms with van der Waals surface area (Å²) in [5, 5.41) is 10.6. The molecule has 8 heteroatoms. The van der Waals surface area contributed by atoms with Gasteiger partial charge in [0, 0.05) is 23.8 Å². The SMILES string of the molecule is O=C1OC2(CCCCC2)OC(=O)C1=Cc1ccc([N+](=O)[O-])s1. The average molecular weight is 323 g/mol. The predicted octanol–water partition coefficient (Wildman–Crippen LogP) is 2.80. The molecule has 7 nitrogen and oxygen atoms in total. The van der Waals surface area contributed by atoms with Gasteiger partial charge in [0.15, 0.2) is 0 Å². The third-order valence-electron chi connectivity index (χ3n) is 3.69. The molecule has 2 fully saturated rings. The van der Waals surface area contributed by atoms with Crippen molar-refractivity contribution in [2.24, 2.45) is 0 Å². The molecule has 2 heterocycles. The summed E-state index contributed by atoms with van der Waals surface area (Å²) in [6.45, 7) is 0. The minimum Gasteiger partial charge on any atom is -0.419 e. The lowest BCUT2D eigenvalue weighted by atomic mass is 9.93. The van der Waals surface area contributed by atoms with E-state index >= 15 is 0 Å². The summed E-state index contributed by atoms with van der Waals surface area (Å²) in [4.78, 5) is 34.8. The Labute approximate surface area is 129 Å². The number of hydrogen-bond acceptors (Lipinski definition) is 7. The molecule has 1 aromatic rings. The van der Waals surface area contributed by atoms with Gasteiger partial charge in [0.25, 0.3) is 5.79 Å². The Hall–Kier alpha value is -2.22. The number of carbonyl (C=O) groups excluding carboxylic acids is 2. The molecule has 22 heavy (non-hydrogen) atoms. The van der Waals surface area contributed by atoms with E-state index in [-0.39, 0.29) is 10.6 Å². The lowest BCUT2D eigenvalue weighted by Gasteiger charge is -2.38. The molecule has 2 aliphatic rings. The van der Waals surface area contributed by atoms with Gasteiger partial charge in [-0.15, -0.1) is 0 Å². The molecule has 0 N–H and O–H groups in total. The van der Waals surface area contributed by atoms with Crippen LogP contribution in [0.5, 0.6) is 0 Å². The van der Waals surface area contributed by atoms with Crippen molar-refractivity contribution in [3.63, 3.8) is 0 Å². The van der Waals surface area contributed by atoms with Gasteiger partial charge >= 0.3 is 16.9 Å². The van der Waals surface area contributed by atoms with Gasteiger partial charge in [-0.25, -0.2) is 9.59 Å². The molecule has 0 aromatic carbocycles. The highest BCUT2D eigenvalue weighted by molar-refractivity contribution is 7.16. The molecule has 116 valence electrons. The van der Waals surface area contributed by atoms with Crippen molar-refractivity contribution in [3.05, 3.63) is 32.7 Å². The molecule has 0 amide bonds. The van der Waals surface area contributed by atoms with Gasteiger partial charge in [-0.05, 0) is 25.0 Å². The highest BCUT2D eigenvalue weighted by Gasteiger charge is 2.46. The highest BCUT2D eigenvalue weighted by Crippen LogP contribution is 2.37. The van der Waals surface area contributed by atoms with E-state index in [1.165, 1.54) is 18.2 Å². The van der Waals surface area contributed by atoms with E-state index in [1.807, 2.05) is 0 Å². The molecule has 1 spiro atoms. The van der Waals surface area contributed by atoms with Crippen LogP contribution >= 0.6 is 11.3 Å². The Balaban J connectivity index is 1.82. The number of esters is 2. The van der Waals surface area contributed by atoms with Gasteiger partial charge < -0.3 is 9.47 Å². The van der Waals surface area contributed by atoms with Crippen LogP contribution in [0.2, 0.25) is 0 Å². The quantitative estimate of drug-likeness (QED) is 0.273. The Morgan fingerprint density at radius 1 is 1.14 bits per heavy atom. The molecule has 0 unspecified atom stereocenters. The topological polar surface area (TPSA) is 95.7 Å². The summed E-state index contributed by atoms with van der Waals surface area (Å²) in [7, 11) is 0. The molecule has 0 atom stereocenters. The van der Waals surface area contributed by atoms with Gasteiger partial charge in [-0.3, -0.25) is 10.1 Å². The molecule has 3 rings (SSSR count). The van der Waals surface area contributed by atoms with Crippen LogP contribution in [0.15, 0.2) is 17.7 Å². The van der Waals surface area contributed by atoms with Crippen molar-refractivity contribution in [3.8, 4) is 0 Å². The van der Waals surface area contributed by atoms with E-state index in [9.17, 15) is 19.7 Å². The van der Waals surface area contributed by atoms with E-state index in [1.54, 1.807) is 0 Å². The zero-order valence-electron chi connectivity index (χ0n) is 11.6. The first-order valence-electron chi connectivity index (χ1n) is 6.92. The van der Waals surface area contributed by atoms with Gasteiger partial charge in [-0.2, -0.15) is 0 Å². The fourth-order valence-corrected chi connectivity index (χ4v) is 3.39. The molecular weight excluding hydrogens is 310 g/mol. The fourth-order valence-electron chi connectivity index (χ4n) is 2.62. The maximum atomic E-state index is 12.1. The zero-order valence-corrected chi connectivity index (χ0v) is 12.4. The molecule has 0 bridgehead atoms. The number of nitro groups is 1. The van der Waals surface area contributed by atoms with Gasteiger partial charge in [0.05, 0.1) is 4.92 Å². The molecule has 0 radical (unpaired) electrons. The van der Waals surface area contributed by atoms with Crippen LogP contribution in [0, 0.1) is 10.1 Å². The molecule has 1 aromatic heterocycles. The highest BCUT2D eigenvalue weighted by atomic mass is 32.1. The van der Waals surface area contributed by atoms with Crippen molar-refractivity contribution in [1.29, 1.82) is 0 Å². The van der Waals surface area contributed by atoms with Crippen LogP contribution in [0.3, 0.4) is 0 Å². The van der Waals surface area contributed by atoms with Gasteiger partial charge in [0.1, 0.15) is 5.57 Å². The van der Waals surface area contributed by atoms with Gasteiger partial charge in [-0.1, -0.05) is 17.8 Å². The largest absolute Gasteiger partial charge is 0.419 e. The fraction of sp³-hybridized carbons (Fsp3) is 0.429. The zero-order chi connectivity index (χ0) is 15.7.